The molecule has 132 valence electrons. The van der Waals surface area contributed by atoms with Crippen molar-refractivity contribution in [3.63, 3.8) is 0 Å². The first-order valence-electron chi connectivity index (χ1n) is 7.98. The minimum Gasteiger partial charge on any atom is -0.481 e. The summed E-state index contributed by atoms with van der Waals surface area (Å²) in [4.78, 5) is 14.1. The number of hydrogen-bond acceptors (Lipinski definition) is 8. The molecule has 26 heavy (non-hydrogen) atoms. The highest BCUT2D eigenvalue weighted by molar-refractivity contribution is 7.99. The molecule has 0 fully saturated rings. The number of fused-ring (bicyclic) bond motifs is 2. The number of methoxy groups -OCH3 is 2. The van der Waals surface area contributed by atoms with Gasteiger partial charge in [-0.2, -0.15) is 4.98 Å². The van der Waals surface area contributed by atoms with E-state index in [-0.39, 0.29) is 0 Å². The summed E-state index contributed by atoms with van der Waals surface area (Å²) >= 11 is 1.62. The molecule has 1 aliphatic heterocycles. The molecule has 8 heteroatoms. The Morgan fingerprint density at radius 1 is 1.08 bits per heavy atom. The van der Waals surface area contributed by atoms with E-state index in [1.807, 2.05) is 6.07 Å². The summed E-state index contributed by atoms with van der Waals surface area (Å²) in [5.74, 6) is 1.80. The van der Waals surface area contributed by atoms with E-state index in [2.05, 4.69) is 43.8 Å². The molecule has 0 radical (unpaired) electrons. The molecule has 0 saturated heterocycles. The Bertz CT molecular complexity index is 951. The number of anilines is 3. The summed E-state index contributed by atoms with van der Waals surface area (Å²) in [5.41, 5.74) is 2.97. The summed E-state index contributed by atoms with van der Waals surface area (Å²) in [5, 5.41) is 7.58. The highest BCUT2D eigenvalue weighted by Gasteiger charge is 2.17. The molecule has 0 bridgehead atoms. The van der Waals surface area contributed by atoms with Crippen molar-refractivity contribution in [2.75, 3.05) is 24.9 Å². The van der Waals surface area contributed by atoms with Gasteiger partial charge in [0.05, 0.1) is 25.6 Å². The third kappa shape index (κ3) is 3.23. The second kappa shape index (κ2) is 7.09. The van der Waals surface area contributed by atoms with Gasteiger partial charge in [0.2, 0.25) is 11.8 Å². The average molecular weight is 367 g/mol. The first-order valence-corrected chi connectivity index (χ1v) is 8.80. The van der Waals surface area contributed by atoms with Gasteiger partial charge in [0.15, 0.2) is 5.82 Å². The lowest BCUT2D eigenvalue weighted by atomic mass is 10.2. The molecule has 1 aliphatic rings. The zero-order chi connectivity index (χ0) is 17.9. The highest BCUT2D eigenvalue weighted by Crippen LogP contribution is 2.42. The van der Waals surface area contributed by atoms with Gasteiger partial charge in [0.1, 0.15) is 5.03 Å². The van der Waals surface area contributed by atoms with Crippen LogP contribution in [0.3, 0.4) is 0 Å². The molecule has 1 aromatic carbocycles. The Hall–Kier alpha value is -3.00. The minimum atomic E-state index is 0.500. The lowest BCUT2D eigenvalue weighted by Gasteiger charge is -2.19. The van der Waals surface area contributed by atoms with Gasteiger partial charge in [-0.15, -0.1) is 0 Å². The van der Waals surface area contributed by atoms with E-state index < -0.39 is 0 Å². The molecular weight excluding hydrogens is 350 g/mol. The number of pyridine rings is 1. The van der Waals surface area contributed by atoms with Crippen LogP contribution in [0.1, 0.15) is 5.56 Å². The van der Waals surface area contributed by atoms with Crippen molar-refractivity contribution in [1.29, 1.82) is 0 Å². The van der Waals surface area contributed by atoms with Crippen molar-refractivity contribution < 1.29 is 9.47 Å². The number of aromatic nitrogens is 3. The maximum atomic E-state index is 5.32. The molecule has 7 nitrogen and oxygen atoms in total. The van der Waals surface area contributed by atoms with Crippen LogP contribution in [0.15, 0.2) is 52.6 Å². The Kier molecular flexibility index (Phi) is 4.49. The monoisotopic (exact) mass is 367 g/mol. The van der Waals surface area contributed by atoms with Gasteiger partial charge in [0.25, 0.3) is 0 Å². The van der Waals surface area contributed by atoms with E-state index in [1.54, 1.807) is 44.4 Å². The number of benzene rings is 1. The van der Waals surface area contributed by atoms with Crippen molar-refractivity contribution in [3.8, 4) is 11.8 Å². The number of ether oxygens (including phenoxy) is 2. The third-order valence-corrected chi connectivity index (χ3v) is 4.96. The predicted molar refractivity (Wildman–Crippen MR) is 101 cm³/mol. The SMILES string of the molecule is COc1ccc(NCc2ccc3c(c2)Nc2nccnc2S3)c(OC)n1. The van der Waals surface area contributed by atoms with Gasteiger partial charge < -0.3 is 20.1 Å². The van der Waals surface area contributed by atoms with Crippen LogP contribution < -0.4 is 20.1 Å². The van der Waals surface area contributed by atoms with Crippen molar-refractivity contribution in [2.45, 2.75) is 16.5 Å². The topological polar surface area (TPSA) is 81.2 Å². The van der Waals surface area contributed by atoms with Crippen LogP contribution in [0.5, 0.6) is 11.8 Å². The van der Waals surface area contributed by atoms with Gasteiger partial charge in [-0.1, -0.05) is 17.8 Å². The fourth-order valence-corrected chi connectivity index (χ4v) is 3.49. The maximum Gasteiger partial charge on any atom is 0.240 e. The molecule has 3 heterocycles. The van der Waals surface area contributed by atoms with E-state index >= 15 is 0 Å². The molecule has 0 amide bonds. The molecule has 0 spiro atoms. The fraction of sp³-hybridized carbons (Fsp3) is 0.167. The van der Waals surface area contributed by atoms with Crippen molar-refractivity contribution in [1.82, 2.24) is 15.0 Å². The number of rotatable bonds is 5. The normalized spacial score (nSPS) is 11.8. The molecule has 0 unspecified atom stereocenters. The Balaban J connectivity index is 1.51. The van der Waals surface area contributed by atoms with Crippen LogP contribution in [-0.2, 0) is 6.54 Å². The predicted octanol–water partition coefficient (Wildman–Crippen LogP) is 3.71. The molecule has 2 N–H and O–H groups in total. The van der Waals surface area contributed by atoms with Gasteiger partial charge in [0, 0.05) is 29.9 Å². The number of nitrogens with zero attached hydrogens (tertiary/aromatic N) is 3. The summed E-state index contributed by atoms with van der Waals surface area (Å²) in [6.07, 6.45) is 3.39. The van der Waals surface area contributed by atoms with E-state index in [9.17, 15) is 0 Å². The van der Waals surface area contributed by atoms with Crippen LogP contribution in [0.4, 0.5) is 17.2 Å². The third-order valence-electron chi connectivity index (χ3n) is 3.89. The van der Waals surface area contributed by atoms with Crippen molar-refractivity contribution >= 4 is 29.0 Å². The summed E-state index contributed by atoms with van der Waals surface area (Å²) < 4.78 is 10.4. The Morgan fingerprint density at radius 3 is 2.81 bits per heavy atom. The van der Waals surface area contributed by atoms with Crippen molar-refractivity contribution in [3.05, 3.63) is 48.3 Å². The summed E-state index contributed by atoms with van der Waals surface area (Å²) in [6.45, 7) is 0.636. The highest BCUT2D eigenvalue weighted by atomic mass is 32.2. The van der Waals surface area contributed by atoms with Crippen LogP contribution in [0.2, 0.25) is 0 Å². The first-order chi connectivity index (χ1) is 12.8. The number of nitrogens with one attached hydrogen (secondary N) is 2. The Morgan fingerprint density at radius 2 is 1.96 bits per heavy atom. The minimum absolute atomic E-state index is 0.500. The fourth-order valence-electron chi connectivity index (χ4n) is 2.62. The molecule has 2 aromatic heterocycles. The molecule has 4 rings (SSSR count). The Labute approximate surface area is 155 Å². The second-order valence-electron chi connectivity index (χ2n) is 5.53. The largest absolute Gasteiger partial charge is 0.481 e. The first kappa shape index (κ1) is 16.5. The van der Waals surface area contributed by atoms with Crippen molar-refractivity contribution in [2.24, 2.45) is 0 Å². The molecule has 0 aliphatic carbocycles. The standard InChI is InChI=1S/C18H17N5O2S/c1-24-15-6-4-12(17(23-15)25-2)21-10-11-3-5-14-13(9-11)22-16-18(26-14)20-8-7-19-16/h3-9,21H,10H2,1-2H3,(H,19,22). The van der Waals surface area contributed by atoms with E-state index in [0.717, 1.165) is 32.7 Å². The quantitative estimate of drug-likeness (QED) is 0.552. The lowest BCUT2D eigenvalue weighted by molar-refractivity contribution is 0.366. The van der Waals surface area contributed by atoms with E-state index in [1.165, 1.54) is 0 Å². The molecule has 0 atom stereocenters. The van der Waals surface area contributed by atoms with E-state index in [0.29, 0.717) is 18.3 Å². The van der Waals surface area contributed by atoms with Gasteiger partial charge in [-0.05, 0) is 23.8 Å². The zero-order valence-electron chi connectivity index (χ0n) is 14.3. The van der Waals surface area contributed by atoms with Crippen LogP contribution in [0, 0.1) is 0 Å². The maximum absolute atomic E-state index is 5.32. The molecule has 3 aromatic rings. The molecular formula is C18H17N5O2S. The van der Waals surface area contributed by atoms with Gasteiger partial charge in [-0.25, -0.2) is 9.97 Å². The summed E-state index contributed by atoms with van der Waals surface area (Å²) in [6, 6.07) is 9.97. The van der Waals surface area contributed by atoms with Gasteiger partial charge in [-0.3, -0.25) is 0 Å². The number of hydrogen-bond donors (Lipinski definition) is 2. The lowest BCUT2D eigenvalue weighted by Crippen LogP contribution is -2.06. The zero-order valence-corrected chi connectivity index (χ0v) is 15.1. The smallest absolute Gasteiger partial charge is 0.240 e. The second-order valence-corrected chi connectivity index (χ2v) is 6.56. The van der Waals surface area contributed by atoms with Crippen LogP contribution in [-0.4, -0.2) is 29.2 Å². The van der Waals surface area contributed by atoms with Gasteiger partial charge >= 0.3 is 0 Å². The molecule has 0 saturated carbocycles. The van der Waals surface area contributed by atoms with Crippen LogP contribution in [0.25, 0.3) is 0 Å². The van der Waals surface area contributed by atoms with Crippen LogP contribution >= 0.6 is 11.8 Å². The summed E-state index contributed by atoms with van der Waals surface area (Å²) in [7, 11) is 3.17. The average Bonchev–Trinajstić information content (AvgIpc) is 2.70. The van der Waals surface area contributed by atoms with E-state index in [4.69, 9.17) is 9.47 Å².